The monoisotopic (exact) mass is 388 g/mol. The molecular formula is C12H14Br2N4O. The first kappa shape index (κ1) is 14.5. The molecule has 0 saturated carbocycles. The molecule has 0 aliphatic rings. The molecule has 1 aromatic carbocycles. The van der Waals surface area contributed by atoms with Gasteiger partial charge in [-0.1, -0.05) is 27.2 Å². The van der Waals surface area contributed by atoms with Crippen molar-refractivity contribution in [2.75, 3.05) is 14.2 Å². The van der Waals surface area contributed by atoms with Crippen molar-refractivity contribution >= 4 is 31.9 Å². The topological polar surface area (TPSA) is 52.0 Å². The molecule has 0 bridgehead atoms. The van der Waals surface area contributed by atoms with Crippen molar-refractivity contribution < 1.29 is 4.74 Å². The van der Waals surface area contributed by atoms with E-state index in [1.54, 1.807) is 11.8 Å². The van der Waals surface area contributed by atoms with Gasteiger partial charge in [0.15, 0.2) is 4.60 Å². The van der Waals surface area contributed by atoms with E-state index in [1.165, 1.54) is 0 Å². The van der Waals surface area contributed by atoms with E-state index in [4.69, 9.17) is 4.74 Å². The minimum absolute atomic E-state index is 0.0579. The van der Waals surface area contributed by atoms with Crippen molar-refractivity contribution in [3.05, 3.63) is 38.5 Å². The molecule has 0 fully saturated rings. The van der Waals surface area contributed by atoms with E-state index < -0.39 is 0 Å². The molecule has 102 valence electrons. The van der Waals surface area contributed by atoms with Crippen LogP contribution in [0, 0.1) is 0 Å². The molecule has 2 rings (SSSR count). The fourth-order valence-corrected chi connectivity index (χ4v) is 2.90. The van der Waals surface area contributed by atoms with Crippen molar-refractivity contribution in [3.63, 3.8) is 0 Å². The molecule has 0 spiro atoms. The first-order chi connectivity index (χ1) is 9.08. The molecule has 1 heterocycles. The number of hydrogen-bond donors (Lipinski definition) is 1. The maximum absolute atomic E-state index is 5.45. The molecule has 0 radical (unpaired) electrons. The highest BCUT2D eigenvalue weighted by Gasteiger charge is 2.23. The Morgan fingerprint density at radius 3 is 2.63 bits per heavy atom. The van der Waals surface area contributed by atoms with Gasteiger partial charge >= 0.3 is 0 Å². The fraction of sp³-hybridized carbons (Fsp3) is 0.333. The Morgan fingerprint density at radius 2 is 2.11 bits per heavy atom. The van der Waals surface area contributed by atoms with Crippen molar-refractivity contribution in [3.8, 4) is 5.75 Å². The largest absolute Gasteiger partial charge is 0.496 e. The number of nitrogens with one attached hydrogen (secondary N) is 1. The third kappa shape index (κ3) is 2.82. The van der Waals surface area contributed by atoms with Gasteiger partial charge in [0.25, 0.3) is 0 Å². The minimum atomic E-state index is -0.0579. The molecule has 1 unspecified atom stereocenters. The number of nitrogens with zero attached hydrogens (tertiary/aromatic N) is 3. The van der Waals surface area contributed by atoms with Crippen LogP contribution in [-0.2, 0) is 7.05 Å². The number of ether oxygens (including phenoxy) is 1. The van der Waals surface area contributed by atoms with Gasteiger partial charge < -0.3 is 10.1 Å². The summed E-state index contributed by atoms with van der Waals surface area (Å²) in [4.78, 5) is 0. The number of aryl methyl sites for hydroxylation is 1. The summed E-state index contributed by atoms with van der Waals surface area (Å²) in [7, 11) is 5.42. The first-order valence-corrected chi connectivity index (χ1v) is 7.22. The van der Waals surface area contributed by atoms with Crippen molar-refractivity contribution in [2.45, 2.75) is 6.04 Å². The number of aromatic nitrogens is 3. The van der Waals surface area contributed by atoms with Crippen LogP contribution in [0.2, 0.25) is 0 Å². The van der Waals surface area contributed by atoms with Crippen LogP contribution in [0.1, 0.15) is 17.3 Å². The Labute approximate surface area is 128 Å². The lowest BCUT2D eigenvalue weighted by atomic mass is 10.0. The highest BCUT2D eigenvalue weighted by atomic mass is 79.9. The van der Waals surface area contributed by atoms with Crippen molar-refractivity contribution in [1.82, 2.24) is 20.3 Å². The van der Waals surface area contributed by atoms with Crippen LogP contribution in [0.25, 0.3) is 0 Å². The molecule has 5 nitrogen and oxygen atoms in total. The minimum Gasteiger partial charge on any atom is -0.496 e. The van der Waals surface area contributed by atoms with Crippen molar-refractivity contribution in [2.24, 2.45) is 7.05 Å². The molecule has 1 aromatic heterocycles. The Morgan fingerprint density at radius 1 is 1.37 bits per heavy atom. The lowest BCUT2D eigenvalue weighted by molar-refractivity contribution is 0.403. The van der Waals surface area contributed by atoms with Gasteiger partial charge in [0.2, 0.25) is 0 Å². The van der Waals surface area contributed by atoms with E-state index in [0.717, 1.165) is 26.1 Å². The highest BCUT2D eigenvalue weighted by Crippen LogP contribution is 2.34. The lowest BCUT2D eigenvalue weighted by Gasteiger charge is -2.19. The Hall–Kier alpha value is -0.920. The van der Waals surface area contributed by atoms with Gasteiger partial charge in [0.1, 0.15) is 5.75 Å². The lowest BCUT2D eigenvalue weighted by Crippen LogP contribution is -2.21. The average molecular weight is 390 g/mol. The molecule has 19 heavy (non-hydrogen) atoms. The van der Waals surface area contributed by atoms with Gasteiger partial charge in [-0.3, -0.25) is 0 Å². The normalized spacial score (nSPS) is 12.5. The zero-order valence-electron chi connectivity index (χ0n) is 10.8. The summed E-state index contributed by atoms with van der Waals surface area (Å²) >= 11 is 6.88. The third-order valence-corrected chi connectivity index (χ3v) is 3.95. The SMILES string of the molecule is CNC(c1ccc(Br)cc1OC)c1c(Br)nnn1C. The van der Waals surface area contributed by atoms with E-state index >= 15 is 0 Å². The summed E-state index contributed by atoms with van der Waals surface area (Å²) in [5.74, 6) is 0.807. The van der Waals surface area contributed by atoms with E-state index in [0.29, 0.717) is 0 Å². The van der Waals surface area contributed by atoms with E-state index in [9.17, 15) is 0 Å². The van der Waals surface area contributed by atoms with Crippen LogP contribution in [-0.4, -0.2) is 29.2 Å². The number of hydrogen-bond acceptors (Lipinski definition) is 4. The molecular weight excluding hydrogens is 376 g/mol. The van der Waals surface area contributed by atoms with Crippen LogP contribution >= 0.6 is 31.9 Å². The van der Waals surface area contributed by atoms with Gasteiger partial charge in [-0.15, -0.1) is 5.10 Å². The second kappa shape index (κ2) is 6.02. The molecule has 0 amide bonds. The summed E-state index contributed by atoms with van der Waals surface area (Å²) in [6.07, 6.45) is 0. The smallest absolute Gasteiger partial charge is 0.153 e. The predicted octanol–water partition coefficient (Wildman–Crippen LogP) is 2.66. The van der Waals surface area contributed by atoms with Gasteiger partial charge in [0, 0.05) is 17.1 Å². The summed E-state index contributed by atoms with van der Waals surface area (Å²) in [5.41, 5.74) is 1.97. The average Bonchev–Trinajstić information content (AvgIpc) is 2.73. The van der Waals surface area contributed by atoms with Gasteiger partial charge in [-0.25, -0.2) is 4.68 Å². The fourth-order valence-electron chi connectivity index (χ4n) is 2.01. The van der Waals surface area contributed by atoms with E-state index in [-0.39, 0.29) is 6.04 Å². The Bertz CT molecular complexity index is 566. The maximum atomic E-state index is 5.45. The van der Waals surface area contributed by atoms with Crippen LogP contribution < -0.4 is 10.1 Å². The predicted molar refractivity (Wildman–Crippen MR) is 80.3 cm³/mol. The van der Waals surface area contributed by atoms with Crippen LogP contribution in [0.5, 0.6) is 5.75 Å². The summed E-state index contributed by atoms with van der Waals surface area (Å²) in [5, 5.41) is 11.3. The second-order valence-electron chi connectivity index (χ2n) is 4.00. The first-order valence-electron chi connectivity index (χ1n) is 5.64. The molecule has 0 aliphatic heterocycles. The van der Waals surface area contributed by atoms with Gasteiger partial charge in [-0.2, -0.15) is 0 Å². The number of rotatable bonds is 4. The number of benzene rings is 1. The van der Waals surface area contributed by atoms with Gasteiger partial charge in [0.05, 0.1) is 18.8 Å². The zero-order chi connectivity index (χ0) is 14.0. The van der Waals surface area contributed by atoms with Crippen LogP contribution in [0.4, 0.5) is 0 Å². The molecule has 0 aliphatic carbocycles. The summed E-state index contributed by atoms with van der Waals surface area (Å²) in [6, 6.07) is 5.89. The van der Waals surface area contributed by atoms with Crippen molar-refractivity contribution in [1.29, 1.82) is 0 Å². The number of methoxy groups -OCH3 is 1. The number of halogens is 2. The van der Waals surface area contributed by atoms with Gasteiger partial charge in [-0.05, 0) is 35.1 Å². The Kier molecular flexibility index (Phi) is 4.59. The van der Waals surface area contributed by atoms with E-state index in [2.05, 4.69) is 47.5 Å². The third-order valence-electron chi connectivity index (χ3n) is 2.90. The van der Waals surface area contributed by atoms with E-state index in [1.807, 2.05) is 32.3 Å². The quantitative estimate of drug-likeness (QED) is 0.873. The molecule has 2 aromatic rings. The Balaban J connectivity index is 2.54. The van der Waals surface area contributed by atoms with Crippen LogP contribution in [0.3, 0.4) is 0 Å². The summed E-state index contributed by atoms with van der Waals surface area (Å²) < 4.78 is 8.89. The second-order valence-corrected chi connectivity index (χ2v) is 5.66. The molecule has 0 saturated heterocycles. The standard InChI is InChI=1S/C12H14Br2N4O/c1-15-10(11-12(14)16-17-18(11)2)8-5-4-7(13)6-9(8)19-3/h4-6,10,15H,1-3H3. The molecule has 7 heteroatoms. The maximum Gasteiger partial charge on any atom is 0.153 e. The molecule has 1 N–H and O–H groups in total. The molecule has 1 atom stereocenters. The van der Waals surface area contributed by atoms with Crippen LogP contribution in [0.15, 0.2) is 27.3 Å². The zero-order valence-corrected chi connectivity index (χ0v) is 14.0. The summed E-state index contributed by atoms with van der Waals surface area (Å²) in [6.45, 7) is 0. The highest BCUT2D eigenvalue weighted by molar-refractivity contribution is 9.10.